The Bertz CT molecular complexity index is 447. The highest BCUT2D eigenvalue weighted by Gasteiger charge is 2.10. The van der Waals surface area contributed by atoms with Crippen molar-refractivity contribution < 1.29 is 14.3 Å². The molecule has 6 heteroatoms. The number of anilines is 1. The third-order valence-corrected chi connectivity index (χ3v) is 2.25. The van der Waals surface area contributed by atoms with E-state index >= 15 is 0 Å². The highest BCUT2D eigenvalue weighted by molar-refractivity contribution is 5.99. The number of para-hydroxylation sites is 1. The van der Waals surface area contributed by atoms with Crippen LogP contribution in [0.2, 0.25) is 0 Å². The van der Waals surface area contributed by atoms with Gasteiger partial charge in [-0.2, -0.15) is 0 Å². The minimum atomic E-state index is -0.851. The number of carbonyl (C=O) groups excluding carboxylic acids is 2. The Kier molecular flexibility index (Phi) is 5.66. The summed E-state index contributed by atoms with van der Waals surface area (Å²) >= 11 is 0. The normalized spacial score (nSPS) is 10.1. The van der Waals surface area contributed by atoms with Crippen LogP contribution in [0.15, 0.2) is 24.3 Å². The first-order valence-electron chi connectivity index (χ1n) is 6.06. The van der Waals surface area contributed by atoms with E-state index in [1.165, 1.54) is 0 Å². The smallest absolute Gasteiger partial charge is 0.404 e. The Hall–Kier alpha value is -2.24. The Labute approximate surface area is 112 Å². The molecule has 0 aliphatic carbocycles. The average Bonchev–Trinajstić information content (AvgIpc) is 2.34. The molecule has 4 N–H and O–H groups in total. The Morgan fingerprint density at radius 1 is 1.32 bits per heavy atom. The summed E-state index contributed by atoms with van der Waals surface area (Å²) in [4.78, 5) is 22.3. The third-order valence-electron chi connectivity index (χ3n) is 2.25. The van der Waals surface area contributed by atoms with E-state index in [0.29, 0.717) is 5.56 Å². The maximum absolute atomic E-state index is 12.0. The number of nitrogens with two attached hydrogens (primary N) is 1. The van der Waals surface area contributed by atoms with E-state index in [0.717, 1.165) is 5.69 Å². The highest BCUT2D eigenvalue weighted by Crippen LogP contribution is 2.15. The maximum atomic E-state index is 12.0. The first kappa shape index (κ1) is 14.8. The van der Waals surface area contributed by atoms with Gasteiger partial charge >= 0.3 is 6.09 Å². The van der Waals surface area contributed by atoms with Crippen LogP contribution < -0.4 is 16.4 Å². The number of hydrogen-bond acceptors (Lipinski definition) is 4. The number of hydrogen-bond donors (Lipinski definition) is 3. The van der Waals surface area contributed by atoms with Crippen molar-refractivity contribution in [1.29, 1.82) is 0 Å². The van der Waals surface area contributed by atoms with Crippen LogP contribution in [0, 0.1) is 0 Å². The fraction of sp³-hybridized carbons (Fsp3) is 0.385. The zero-order valence-electron chi connectivity index (χ0n) is 11.1. The second kappa shape index (κ2) is 7.25. The van der Waals surface area contributed by atoms with Gasteiger partial charge < -0.3 is 21.1 Å². The number of rotatable bonds is 6. The molecule has 0 unspecified atom stereocenters. The second-order valence-corrected chi connectivity index (χ2v) is 4.27. The monoisotopic (exact) mass is 265 g/mol. The molecule has 1 rings (SSSR count). The van der Waals surface area contributed by atoms with Crippen LogP contribution in [0.25, 0.3) is 0 Å². The topological polar surface area (TPSA) is 93.4 Å². The van der Waals surface area contributed by atoms with E-state index in [1.54, 1.807) is 12.1 Å². The molecule has 2 amide bonds. The summed E-state index contributed by atoms with van der Waals surface area (Å²) in [5.74, 6) is -0.225. The van der Waals surface area contributed by atoms with E-state index in [1.807, 2.05) is 26.0 Å². The van der Waals surface area contributed by atoms with E-state index in [9.17, 15) is 9.59 Å². The summed E-state index contributed by atoms with van der Waals surface area (Å²) in [7, 11) is 0. The Morgan fingerprint density at radius 2 is 2.00 bits per heavy atom. The van der Waals surface area contributed by atoms with Crippen LogP contribution in [-0.2, 0) is 4.74 Å². The van der Waals surface area contributed by atoms with Crippen molar-refractivity contribution in [2.24, 2.45) is 5.73 Å². The van der Waals surface area contributed by atoms with Crippen molar-refractivity contribution in [3.8, 4) is 0 Å². The van der Waals surface area contributed by atoms with Gasteiger partial charge in [-0.15, -0.1) is 0 Å². The van der Waals surface area contributed by atoms with Crippen LogP contribution in [-0.4, -0.2) is 31.2 Å². The van der Waals surface area contributed by atoms with Crippen molar-refractivity contribution in [2.45, 2.75) is 19.9 Å². The average molecular weight is 265 g/mol. The maximum Gasteiger partial charge on any atom is 0.404 e. The number of nitrogens with one attached hydrogen (secondary N) is 2. The van der Waals surface area contributed by atoms with Crippen molar-refractivity contribution >= 4 is 17.7 Å². The zero-order chi connectivity index (χ0) is 14.3. The Balaban J connectivity index is 2.58. The number of ether oxygens (including phenoxy) is 1. The molecule has 104 valence electrons. The summed E-state index contributed by atoms with van der Waals surface area (Å²) < 4.78 is 4.53. The van der Waals surface area contributed by atoms with Gasteiger partial charge in [0, 0.05) is 11.7 Å². The van der Waals surface area contributed by atoms with E-state index in [-0.39, 0.29) is 25.1 Å². The van der Waals surface area contributed by atoms with Crippen molar-refractivity contribution in [3.05, 3.63) is 29.8 Å². The Morgan fingerprint density at radius 3 is 2.63 bits per heavy atom. The van der Waals surface area contributed by atoms with Gasteiger partial charge in [0.1, 0.15) is 6.61 Å². The molecule has 0 bridgehead atoms. The molecule has 0 aliphatic heterocycles. The van der Waals surface area contributed by atoms with E-state index in [2.05, 4.69) is 15.4 Å². The summed E-state index contributed by atoms with van der Waals surface area (Å²) in [6.07, 6.45) is -0.851. The van der Waals surface area contributed by atoms with Crippen LogP contribution in [0.4, 0.5) is 10.5 Å². The second-order valence-electron chi connectivity index (χ2n) is 4.27. The highest BCUT2D eigenvalue weighted by atomic mass is 16.5. The minimum Gasteiger partial charge on any atom is -0.448 e. The summed E-state index contributed by atoms with van der Waals surface area (Å²) in [5.41, 5.74) is 6.14. The van der Waals surface area contributed by atoms with Crippen molar-refractivity contribution in [2.75, 3.05) is 18.5 Å². The number of carbonyl (C=O) groups is 2. The molecule has 0 saturated carbocycles. The molecule has 6 nitrogen and oxygen atoms in total. The molecule has 0 atom stereocenters. The number of benzene rings is 1. The van der Waals surface area contributed by atoms with Gasteiger partial charge in [0.05, 0.1) is 12.1 Å². The fourth-order valence-corrected chi connectivity index (χ4v) is 1.53. The third kappa shape index (κ3) is 5.29. The molecule has 0 spiro atoms. The van der Waals surface area contributed by atoms with Gasteiger partial charge in [0.25, 0.3) is 5.91 Å². The zero-order valence-corrected chi connectivity index (χ0v) is 11.1. The predicted octanol–water partition coefficient (Wildman–Crippen LogP) is 1.33. The summed E-state index contributed by atoms with van der Waals surface area (Å²) in [5, 5.41) is 5.85. The van der Waals surface area contributed by atoms with Gasteiger partial charge in [-0.3, -0.25) is 4.79 Å². The summed E-state index contributed by atoms with van der Waals surface area (Å²) in [6, 6.07) is 7.45. The molecular formula is C13H19N3O3. The molecule has 0 aromatic heterocycles. The van der Waals surface area contributed by atoms with Crippen LogP contribution in [0.3, 0.4) is 0 Å². The lowest BCUT2D eigenvalue weighted by Crippen LogP contribution is -2.29. The van der Waals surface area contributed by atoms with Crippen LogP contribution in [0.1, 0.15) is 24.2 Å². The molecule has 0 fully saturated rings. The van der Waals surface area contributed by atoms with Crippen molar-refractivity contribution in [3.63, 3.8) is 0 Å². The molecule has 0 heterocycles. The molecule has 1 aromatic carbocycles. The standard InChI is InChI=1S/C13H19N3O3/c1-9(2)16-11-6-4-3-5-10(11)12(17)15-7-8-19-13(14)18/h3-6,9,16H,7-8H2,1-2H3,(H2,14,18)(H,15,17). The first-order valence-corrected chi connectivity index (χ1v) is 6.06. The molecule has 19 heavy (non-hydrogen) atoms. The largest absolute Gasteiger partial charge is 0.448 e. The van der Waals surface area contributed by atoms with Gasteiger partial charge in [-0.25, -0.2) is 4.79 Å². The number of amides is 2. The van der Waals surface area contributed by atoms with Crippen molar-refractivity contribution in [1.82, 2.24) is 5.32 Å². The fourth-order valence-electron chi connectivity index (χ4n) is 1.53. The molecule has 0 aliphatic rings. The lowest BCUT2D eigenvalue weighted by atomic mass is 10.1. The van der Waals surface area contributed by atoms with Gasteiger partial charge in [-0.1, -0.05) is 12.1 Å². The van der Waals surface area contributed by atoms with Gasteiger partial charge in [0.15, 0.2) is 0 Å². The summed E-state index contributed by atoms with van der Waals surface area (Å²) in [6.45, 7) is 4.27. The van der Waals surface area contributed by atoms with Gasteiger partial charge in [-0.05, 0) is 26.0 Å². The van der Waals surface area contributed by atoms with E-state index < -0.39 is 6.09 Å². The first-order chi connectivity index (χ1) is 9.00. The lowest BCUT2D eigenvalue weighted by molar-refractivity contribution is 0.0937. The lowest BCUT2D eigenvalue weighted by Gasteiger charge is -2.14. The van der Waals surface area contributed by atoms with Crippen LogP contribution in [0.5, 0.6) is 0 Å². The quantitative estimate of drug-likeness (QED) is 0.676. The number of primary amides is 1. The molecule has 1 aromatic rings. The molecule has 0 radical (unpaired) electrons. The molecule has 0 saturated heterocycles. The minimum absolute atomic E-state index is 0.0564. The van der Waals surface area contributed by atoms with Crippen LogP contribution >= 0.6 is 0 Å². The SMILES string of the molecule is CC(C)Nc1ccccc1C(=O)NCCOC(N)=O. The van der Waals surface area contributed by atoms with Gasteiger partial charge in [0.2, 0.25) is 0 Å². The van der Waals surface area contributed by atoms with E-state index in [4.69, 9.17) is 5.73 Å². The molecular weight excluding hydrogens is 246 g/mol. The predicted molar refractivity (Wildman–Crippen MR) is 73.1 cm³/mol.